The van der Waals surface area contributed by atoms with Crippen molar-refractivity contribution in [2.75, 3.05) is 20.1 Å². The molecule has 0 bridgehead atoms. The summed E-state index contributed by atoms with van der Waals surface area (Å²) in [5.41, 5.74) is 0. The lowest BCUT2D eigenvalue weighted by Gasteiger charge is -2.20. The monoisotopic (exact) mass is 197 g/mol. The van der Waals surface area contributed by atoms with E-state index in [1.54, 1.807) is 0 Å². The summed E-state index contributed by atoms with van der Waals surface area (Å²) in [4.78, 5) is 13.7. The van der Waals surface area contributed by atoms with Gasteiger partial charge in [-0.05, 0) is 38.8 Å². The summed E-state index contributed by atoms with van der Waals surface area (Å²) < 4.78 is 0. The highest BCUT2D eigenvalue weighted by Gasteiger charge is 2.23. The van der Waals surface area contributed by atoms with Gasteiger partial charge in [0.05, 0.1) is 0 Å². The Hall–Kier alpha value is -0.370. The fourth-order valence-corrected chi connectivity index (χ4v) is 2.28. The van der Waals surface area contributed by atoms with Crippen LogP contribution in [0.5, 0.6) is 0 Å². The fraction of sp³-hybridized carbons (Fsp3) is 0.917. The van der Waals surface area contributed by atoms with Crippen LogP contribution in [0.15, 0.2) is 0 Å². The van der Waals surface area contributed by atoms with Crippen LogP contribution in [0.3, 0.4) is 0 Å². The summed E-state index contributed by atoms with van der Waals surface area (Å²) in [6.45, 7) is 6.68. The highest BCUT2D eigenvalue weighted by molar-refractivity contribution is 5.82. The van der Waals surface area contributed by atoms with Gasteiger partial charge in [0.25, 0.3) is 0 Å². The van der Waals surface area contributed by atoms with Gasteiger partial charge in [-0.1, -0.05) is 13.8 Å². The lowest BCUT2D eigenvalue weighted by molar-refractivity contribution is -0.120. The van der Waals surface area contributed by atoms with Crippen LogP contribution in [-0.2, 0) is 4.79 Å². The molecule has 0 saturated heterocycles. The summed E-state index contributed by atoms with van der Waals surface area (Å²) in [5.74, 6) is 1.60. The SMILES string of the molecule is CC(C)CN(C)CCC1CCCC1=O. The lowest BCUT2D eigenvalue weighted by Crippen LogP contribution is -2.26. The molecule has 0 N–H and O–H groups in total. The van der Waals surface area contributed by atoms with Crippen LogP contribution in [0, 0.1) is 11.8 Å². The molecule has 0 heterocycles. The van der Waals surface area contributed by atoms with Crippen molar-refractivity contribution in [3.05, 3.63) is 0 Å². The van der Waals surface area contributed by atoms with Crippen molar-refractivity contribution in [2.24, 2.45) is 11.8 Å². The van der Waals surface area contributed by atoms with Crippen molar-refractivity contribution in [1.82, 2.24) is 4.90 Å². The van der Waals surface area contributed by atoms with Crippen LogP contribution in [0.2, 0.25) is 0 Å². The molecule has 1 aliphatic carbocycles. The van der Waals surface area contributed by atoms with Gasteiger partial charge in [-0.3, -0.25) is 4.79 Å². The molecule has 0 amide bonds. The maximum absolute atomic E-state index is 11.4. The summed E-state index contributed by atoms with van der Waals surface area (Å²) >= 11 is 0. The van der Waals surface area contributed by atoms with Crippen molar-refractivity contribution in [2.45, 2.75) is 39.5 Å². The predicted octanol–water partition coefficient (Wildman–Crippen LogP) is 2.33. The zero-order valence-corrected chi connectivity index (χ0v) is 9.75. The maximum Gasteiger partial charge on any atom is 0.136 e. The van der Waals surface area contributed by atoms with E-state index in [0.717, 1.165) is 44.7 Å². The molecule has 82 valence electrons. The summed E-state index contributed by atoms with van der Waals surface area (Å²) in [5, 5.41) is 0. The number of ketones is 1. The molecule has 0 aliphatic heterocycles. The Kier molecular flexibility index (Phi) is 4.59. The van der Waals surface area contributed by atoms with E-state index in [4.69, 9.17) is 0 Å². The van der Waals surface area contributed by atoms with E-state index in [-0.39, 0.29) is 0 Å². The van der Waals surface area contributed by atoms with Crippen molar-refractivity contribution < 1.29 is 4.79 Å². The first kappa shape index (κ1) is 11.7. The molecule has 1 fully saturated rings. The van der Waals surface area contributed by atoms with E-state index < -0.39 is 0 Å². The average molecular weight is 197 g/mol. The minimum Gasteiger partial charge on any atom is -0.306 e. The molecule has 1 unspecified atom stereocenters. The van der Waals surface area contributed by atoms with Crippen molar-refractivity contribution in [1.29, 1.82) is 0 Å². The van der Waals surface area contributed by atoms with Crippen LogP contribution >= 0.6 is 0 Å². The van der Waals surface area contributed by atoms with Gasteiger partial charge in [-0.15, -0.1) is 0 Å². The number of rotatable bonds is 5. The minimum atomic E-state index is 0.379. The van der Waals surface area contributed by atoms with Crippen LogP contribution in [0.25, 0.3) is 0 Å². The van der Waals surface area contributed by atoms with E-state index in [9.17, 15) is 4.79 Å². The molecule has 2 heteroatoms. The summed E-state index contributed by atoms with van der Waals surface area (Å²) in [6, 6.07) is 0. The number of hydrogen-bond donors (Lipinski definition) is 0. The van der Waals surface area contributed by atoms with Gasteiger partial charge < -0.3 is 4.90 Å². The standard InChI is InChI=1S/C12H23NO/c1-10(2)9-13(3)8-7-11-5-4-6-12(11)14/h10-11H,4-9H2,1-3H3. The predicted molar refractivity (Wildman–Crippen MR) is 59.3 cm³/mol. The molecule has 0 radical (unpaired) electrons. The second-order valence-corrected chi connectivity index (χ2v) is 5.00. The molecule has 1 aliphatic rings. The van der Waals surface area contributed by atoms with Crippen LogP contribution in [-0.4, -0.2) is 30.8 Å². The first-order valence-corrected chi connectivity index (χ1v) is 5.81. The molecule has 0 spiro atoms. The minimum absolute atomic E-state index is 0.379. The Morgan fingerprint density at radius 1 is 1.50 bits per heavy atom. The second-order valence-electron chi connectivity index (χ2n) is 5.00. The third kappa shape index (κ3) is 3.79. The topological polar surface area (TPSA) is 20.3 Å². The smallest absolute Gasteiger partial charge is 0.136 e. The Bertz CT molecular complexity index is 189. The Labute approximate surface area is 87.7 Å². The largest absolute Gasteiger partial charge is 0.306 e. The van der Waals surface area contributed by atoms with E-state index in [0.29, 0.717) is 11.7 Å². The van der Waals surface area contributed by atoms with E-state index in [2.05, 4.69) is 25.8 Å². The molecular formula is C12H23NO. The van der Waals surface area contributed by atoms with Crippen molar-refractivity contribution in [3.8, 4) is 0 Å². The molecule has 1 atom stereocenters. The Morgan fingerprint density at radius 3 is 2.71 bits per heavy atom. The van der Waals surface area contributed by atoms with Gasteiger partial charge in [-0.2, -0.15) is 0 Å². The second kappa shape index (κ2) is 5.50. The first-order valence-electron chi connectivity index (χ1n) is 5.81. The first-order chi connectivity index (χ1) is 6.59. The molecular weight excluding hydrogens is 174 g/mol. The van der Waals surface area contributed by atoms with Crippen molar-refractivity contribution >= 4 is 5.78 Å². The third-order valence-electron chi connectivity index (χ3n) is 2.97. The van der Waals surface area contributed by atoms with Gasteiger partial charge >= 0.3 is 0 Å². The van der Waals surface area contributed by atoms with Crippen LogP contribution < -0.4 is 0 Å². The summed E-state index contributed by atoms with van der Waals surface area (Å²) in [7, 11) is 2.15. The van der Waals surface area contributed by atoms with Gasteiger partial charge in [0, 0.05) is 18.9 Å². The Balaban J connectivity index is 2.16. The third-order valence-corrected chi connectivity index (χ3v) is 2.97. The normalized spacial score (nSPS) is 22.6. The number of Topliss-reactive ketones (excluding diaryl/α,β-unsaturated/α-hetero) is 1. The van der Waals surface area contributed by atoms with Gasteiger partial charge in [0.1, 0.15) is 5.78 Å². The molecule has 0 aromatic rings. The van der Waals surface area contributed by atoms with E-state index in [1.807, 2.05) is 0 Å². The highest BCUT2D eigenvalue weighted by Crippen LogP contribution is 2.24. The van der Waals surface area contributed by atoms with Crippen molar-refractivity contribution in [3.63, 3.8) is 0 Å². The lowest BCUT2D eigenvalue weighted by atomic mass is 10.0. The zero-order chi connectivity index (χ0) is 10.6. The quantitative estimate of drug-likeness (QED) is 0.674. The van der Waals surface area contributed by atoms with Gasteiger partial charge in [-0.25, -0.2) is 0 Å². The Morgan fingerprint density at radius 2 is 2.21 bits per heavy atom. The van der Waals surface area contributed by atoms with Crippen LogP contribution in [0.4, 0.5) is 0 Å². The summed E-state index contributed by atoms with van der Waals surface area (Å²) in [6.07, 6.45) is 4.16. The molecule has 1 rings (SSSR count). The maximum atomic E-state index is 11.4. The van der Waals surface area contributed by atoms with Gasteiger partial charge in [0.15, 0.2) is 0 Å². The van der Waals surface area contributed by atoms with Crippen LogP contribution in [0.1, 0.15) is 39.5 Å². The molecule has 1 saturated carbocycles. The molecule has 0 aromatic heterocycles. The fourth-order valence-electron chi connectivity index (χ4n) is 2.28. The molecule has 0 aromatic carbocycles. The number of carbonyl (C=O) groups excluding carboxylic acids is 1. The average Bonchev–Trinajstić information content (AvgIpc) is 2.46. The number of nitrogens with zero attached hydrogens (tertiary/aromatic N) is 1. The van der Waals surface area contributed by atoms with E-state index in [1.165, 1.54) is 0 Å². The highest BCUT2D eigenvalue weighted by atomic mass is 16.1. The van der Waals surface area contributed by atoms with E-state index >= 15 is 0 Å². The molecule has 2 nitrogen and oxygen atoms in total. The number of hydrogen-bond acceptors (Lipinski definition) is 2. The van der Waals surface area contributed by atoms with Gasteiger partial charge in [0.2, 0.25) is 0 Å². The molecule has 14 heavy (non-hydrogen) atoms. The zero-order valence-electron chi connectivity index (χ0n) is 9.75. The number of carbonyl (C=O) groups is 1.